The van der Waals surface area contributed by atoms with E-state index >= 15 is 0 Å². The van der Waals surface area contributed by atoms with Gasteiger partial charge in [0.05, 0.1) is 0 Å². The van der Waals surface area contributed by atoms with Crippen LogP contribution >= 0.6 is 0 Å². The Bertz CT molecular complexity index is 272. The highest BCUT2D eigenvalue weighted by atomic mass is 16.5. The maximum atomic E-state index is 5.22. The van der Waals surface area contributed by atoms with Gasteiger partial charge in [-0.1, -0.05) is 12.8 Å². The van der Waals surface area contributed by atoms with Gasteiger partial charge in [0.2, 0.25) is 0 Å². The van der Waals surface area contributed by atoms with Crippen LogP contribution in [0.15, 0.2) is 0 Å². The van der Waals surface area contributed by atoms with Gasteiger partial charge in [-0.2, -0.15) is 0 Å². The van der Waals surface area contributed by atoms with Crippen LogP contribution in [0.1, 0.15) is 44.9 Å². The molecular weight excluding hydrogens is 224 g/mol. The molecule has 3 aliphatic rings. The number of methoxy groups -OCH3 is 1. The van der Waals surface area contributed by atoms with Crippen molar-refractivity contribution in [3.63, 3.8) is 0 Å². The van der Waals surface area contributed by atoms with Gasteiger partial charge in [0, 0.05) is 44.9 Å². The summed E-state index contributed by atoms with van der Waals surface area (Å²) in [6.07, 6.45) is 9.74. The normalized spacial score (nSPS) is 32.2. The minimum absolute atomic E-state index is 0.471. The lowest BCUT2D eigenvalue weighted by Crippen LogP contribution is -2.63. The summed E-state index contributed by atoms with van der Waals surface area (Å²) in [5, 5.41) is 3.91. The fraction of sp³-hybridized carbons (Fsp3) is 1.00. The smallest absolute Gasteiger partial charge is 0.0474 e. The van der Waals surface area contributed by atoms with E-state index in [4.69, 9.17) is 4.74 Å². The standard InChI is InChI=1S/C15H28N2O/c1-18-10-4-9-17-12-15(7-2-3-8-15)16-11-14(17)13-5-6-13/h13-14,16H,2-12H2,1H3. The number of nitrogens with one attached hydrogen (secondary N) is 1. The van der Waals surface area contributed by atoms with Crippen LogP contribution in [0.4, 0.5) is 0 Å². The summed E-state index contributed by atoms with van der Waals surface area (Å²) < 4.78 is 5.22. The van der Waals surface area contributed by atoms with Crippen LogP contribution in [0.2, 0.25) is 0 Å². The summed E-state index contributed by atoms with van der Waals surface area (Å²) in [5.74, 6) is 0.985. The second-order valence-corrected chi connectivity index (χ2v) is 6.59. The molecule has 1 saturated heterocycles. The molecule has 3 heteroatoms. The number of nitrogens with zero attached hydrogens (tertiary/aromatic N) is 1. The predicted molar refractivity (Wildman–Crippen MR) is 73.8 cm³/mol. The molecular formula is C15H28N2O. The third-order valence-electron chi connectivity index (χ3n) is 5.18. The van der Waals surface area contributed by atoms with Crippen LogP contribution < -0.4 is 5.32 Å². The van der Waals surface area contributed by atoms with Crippen molar-refractivity contribution in [2.45, 2.75) is 56.5 Å². The predicted octanol–water partition coefficient (Wildman–Crippen LogP) is 2.02. The second-order valence-electron chi connectivity index (χ2n) is 6.59. The maximum Gasteiger partial charge on any atom is 0.0474 e. The maximum absolute atomic E-state index is 5.22. The topological polar surface area (TPSA) is 24.5 Å². The van der Waals surface area contributed by atoms with E-state index < -0.39 is 0 Å². The Morgan fingerprint density at radius 2 is 2.06 bits per heavy atom. The zero-order chi connectivity index (χ0) is 12.4. The number of piperazine rings is 1. The van der Waals surface area contributed by atoms with Crippen molar-refractivity contribution in [3.05, 3.63) is 0 Å². The molecule has 0 amide bonds. The summed E-state index contributed by atoms with van der Waals surface area (Å²) in [6, 6.07) is 0.813. The Balaban J connectivity index is 1.59. The quantitative estimate of drug-likeness (QED) is 0.758. The highest BCUT2D eigenvalue weighted by Gasteiger charge is 2.45. The molecule has 1 aliphatic heterocycles. The van der Waals surface area contributed by atoms with E-state index in [1.807, 2.05) is 7.11 Å². The van der Waals surface area contributed by atoms with Gasteiger partial charge in [-0.15, -0.1) is 0 Å². The molecule has 3 nitrogen and oxygen atoms in total. The first-order valence-electron chi connectivity index (χ1n) is 7.81. The van der Waals surface area contributed by atoms with Gasteiger partial charge in [-0.05, 0) is 38.0 Å². The largest absolute Gasteiger partial charge is 0.385 e. The molecule has 3 fully saturated rings. The van der Waals surface area contributed by atoms with Crippen LogP contribution in [-0.4, -0.2) is 49.8 Å². The van der Waals surface area contributed by atoms with Crippen molar-refractivity contribution in [3.8, 4) is 0 Å². The average molecular weight is 252 g/mol. The average Bonchev–Trinajstić information content (AvgIpc) is 3.12. The van der Waals surface area contributed by atoms with E-state index in [9.17, 15) is 0 Å². The summed E-state index contributed by atoms with van der Waals surface area (Å²) in [5.41, 5.74) is 0.471. The van der Waals surface area contributed by atoms with Gasteiger partial charge < -0.3 is 10.1 Å². The van der Waals surface area contributed by atoms with E-state index in [0.29, 0.717) is 5.54 Å². The molecule has 1 unspecified atom stereocenters. The van der Waals surface area contributed by atoms with E-state index in [2.05, 4.69) is 10.2 Å². The number of hydrogen-bond acceptors (Lipinski definition) is 3. The lowest BCUT2D eigenvalue weighted by molar-refractivity contribution is 0.0604. The Hall–Kier alpha value is -0.120. The third kappa shape index (κ3) is 2.73. The Morgan fingerprint density at radius 3 is 2.72 bits per heavy atom. The molecule has 1 spiro atoms. The first kappa shape index (κ1) is 12.9. The van der Waals surface area contributed by atoms with Gasteiger partial charge in [0.15, 0.2) is 0 Å². The Morgan fingerprint density at radius 1 is 1.28 bits per heavy atom. The van der Waals surface area contributed by atoms with Crippen LogP contribution in [0, 0.1) is 5.92 Å². The molecule has 18 heavy (non-hydrogen) atoms. The zero-order valence-corrected chi connectivity index (χ0v) is 11.8. The summed E-state index contributed by atoms with van der Waals surface area (Å²) >= 11 is 0. The fourth-order valence-corrected chi connectivity index (χ4v) is 4.00. The number of rotatable bonds is 5. The zero-order valence-electron chi connectivity index (χ0n) is 11.8. The van der Waals surface area contributed by atoms with Crippen molar-refractivity contribution in [2.24, 2.45) is 5.92 Å². The summed E-state index contributed by atoms with van der Waals surface area (Å²) in [6.45, 7) is 4.67. The van der Waals surface area contributed by atoms with Crippen molar-refractivity contribution < 1.29 is 4.74 Å². The Labute approximate surface area is 111 Å². The van der Waals surface area contributed by atoms with Crippen LogP contribution in [0.25, 0.3) is 0 Å². The van der Waals surface area contributed by atoms with Crippen molar-refractivity contribution in [2.75, 3.05) is 33.4 Å². The van der Waals surface area contributed by atoms with Crippen molar-refractivity contribution >= 4 is 0 Å². The fourth-order valence-electron chi connectivity index (χ4n) is 4.00. The molecule has 104 valence electrons. The minimum atomic E-state index is 0.471. The van der Waals surface area contributed by atoms with Crippen LogP contribution in [0.3, 0.4) is 0 Å². The van der Waals surface area contributed by atoms with Gasteiger partial charge in [-0.25, -0.2) is 0 Å². The summed E-state index contributed by atoms with van der Waals surface area (Å²) in [4.78, 5) is 2.79. The molecule has 3 rings (SSSR count). The van der Waals surface area contributed by atoms with Crippen LogP contribution in [0.5, 0.6) is 0 Å². The van der Waals surface area contributed by atoms with Gasteiger partial charge in [0.25, 0.3) is 0 Å². The molecule has 0 radical (unpaired) electrons. The highest BCUT2D eigenvalue weighted by molar-refractivity contribution is 5.03. The van der Waals surface area contributed by atoms with E-state index in [1.165, 1.54) is 64.6 Å². The molecule has 2 saturated carbocycles. The van der Waals surface area contributed by atoms with E-state index in [1.54, 1.807) is 0 Å². The van der Waals surface area contributed by atoms with Crippen molar-refractivity contribution in [1.82, 2.24) is 10.2 Å². The van der Waals surface area contributed by atoms with Crippen molar-refractivity contribution in [1.29, 1.82) is 0 Å². The van der Waals surface area contributed by atoms with Gasteiger partial charge >= 0.3 is 0 Å². The van der Waals surface area contributed by atoms with Crippen LogP contribution in [-0.2, 0) is 4.74 Å². The molecule has 0 aromatic heterocycles. The first-order valence-corrected chi connectivity index (χ1v) is 7.81. The lowest BCUT2D eigenvalue weighted by atomic mass is 9.91. The molecule has 1 N–H and O–H groups in total. The number of ether oxygens (including phenoxy) is 1. The highest BCUT2D eigenvalue weighted by Crippen LogP contribution is 2.40. The summed E-state index contributed by atoms with van der Waals surface area (Å²) in [7, 11) is 1.81. The molecule has 1 heterocycles. The minimum Gasteiger partial charge on any atom is -0.385 e. The molecule has 0 bridgehead atoms. The SMILES string of the molecule is COCCCN1CC2(CCCC2)NCC1C1CC1. The van der Waals surface area contributed by atoms with Gasteiger partial charge in [-0.3, -0.25) is 4.90 Å². The van der Waals surface area contributed by atoms with Gasteiger partial charge in [0.1, 0.15) is 0 Å². The molecule has 2 aliphatic carbocycles. The monoisotopic (exact) mass is 252 g/mol. The second kappa shape index (κ2) is 5.48. The lowest BCUT2D eigenvalue weighted by Gasteiger charge is -2.47. The number of hydrogen-bond donors (Lipinski definition) is 1. The first-order chi connectivity index (χ1) is 8.83. The van der Waals surface area contributed by atoms with E-state index in [0.717, 1.165) is 18.6 Å². The molecule has 0 aromatic rings. The Kier molecular flexibility index (Phi) is 3.92. The van der Waals surface area contributed by atoms with E-state index in [-0.39, 0.29) is 0 Å². The molecule has 1 atom stereocenters. The molecule has 0 aromatic carbocycles. The third-order valence-corrected chi connectivity index (χ3v) is 5.18.